The number of hydrogen-bond donors (Lipinski definition) is 1. The fourth-order valence-electron chi connectivity index (χ4n) is 1.21. The highest BCUT2D eigenvalue weighted by molar-refractivity contribution is 9.10. The van der Waals surface area contributed by atoms with Crippen molar-refractivity contribution in [2.24, 2.45) is 0 Å². The van der Waals surface area contributed by atoms with Crippen LogP contribution in [-0.2, 0) is 6.61 Å². The zero-order valence-corrected chi connectivity index (χ0v) is 15.1. The minimum Gasteiger partial charge on any atom is -0.457 e. The van der Waals surface area contributed by atoms with Crippen molar-refractivity contribution < 1.29 is 13.9 Å². The Bertz CT molecular complexity index is 573. The van der Waals surface area contributed by atoms with Crippen LogP contribution in [0, 0.1) is 5.82 Å². The Labute approximate surface area is 129 Å². The highest BCUT2D eigenvalue weighted by atomic mass is 79.9. The highest BCUT2D eigenvalue weighted by Gasteiger charge is 2.15. The Morgan fingerprint density at radius 1 is 1.25 bits per heavy atom. The summed E-state index contributed by atoms with van der Waals surface area (Å²) in [6.07, 6.45) is 0. The molecular formula is C15H21BrFO2Si. The summed E-state index contributed by atoms with van der Waals surface area (Å²) >= 11 is 3.17. The molecule has 2 aromatic rings. The zero-order valence-electron chi connectivity index (χ0n) is 12.6. The number of halogens is 2. The average Bonchev–Trinajstić information content (AvgIpc) is 2.71. The maximum Gasteiger partial charge on any atom is 0.148 e. The Balaban J connectivity index is 0.000000246. The molecule has 1 N–H and O–H groups in total. The maximum absolute atomic E-state index is 12.9. The van der Waals surface area contributed by atoms with Crippen LogP contribution < -0.4 is 0 Å². The summed E-state index contributed by atoms with van der Waals surface area (Å²) in [4.78, 5) is 0. The van der Waals surface area contributed by atoms with E-state index in [0.29, 0.717) is 26.2 Å². The van der Waals surface area contributed by atoms with Gasteiger partial charge in [-0.25, -0.2) is 4.39 Å². The third-order valence-electron chi connectivity index (χ3n) is 3.24. The first-order valence-electron chi connectivity index (χ1n) is 6.44. The first kappa shape index (κ1) is 17.4. The van der Waals surface area contributed by atoms with Gasteiger partial charge in [0.15, 0.2) is 0 Å². The van der Waals surface area contributed by atoms with Gasteiger partial charge >= 0.3 is 0 Å². The van der Waals surface area contributed by atoms with Crippen LogP contribution in [-0.4, -0.2) is 13.9 Å². The molecule has 111 valence electrons. The summed E-state index contributed by atoms with van der Waals surface area (Å²) in [5, 5.41) is 10.0. The molecule has 1 radical (unpaired) electrons. The van der Waals surface area contributed by atoms with E-state index in [9.17, 15) is 4.39 Å². The Kier molecular flexibility index (Phi) is 5.98. The van der Waals surface area contributed by atoms with E-state index in [1.807, 2.05) is 0 Å². The summed E-state index contributed by atoms with van der Waals surface area (Å²) in [5.41, 5.74) is 0.561. The zero-order chi connectivity index (χ0) is 15.5. The lowest BCUT2D eigenvalue weighted by Crippen LogP contribution is -2.16. The standard InChI is InChI=1S/C9H6BrFO2.C6H15Si/c10-8-3-6(11)1-5-2-7(4-12)13-9(5)8;1-6(2,3)7(4)5/h1-3,12H,4H2;1-5H3. The van der Waals surface area contributed by atoms with Crippen molar-refractivity contribution in [3.05, 3.63) is 34.2 Å². The predicted octanol–water partition coefficient (Wildman–Crippen LogP) is 5.37. The van der Waals surface area contributed by atoms with Gasteiger partial charge < -0.3 is 9.52 Å². The van der Waals surface area contributed by atoms with Crippen LogP contribution in [0.3, 0.4) is 0 Å². The van der Waals surface area contributed by atoms with Gasteiger partial charge in [-0.2, -0.15) is 0 Å². The molecule has 2 rings (SSSR count). The molecule has 0 bridgehead atoms. The number of hydrogen-bond acceptors (Lipinski definition) is 2. The number of benzene rings is 1. The molecule has 1 aromatic carbocycles. The summed E-state index contributed by atoms with van der Waals surface area (Å²) < 4.78 is 18.7. The van der Waals surface area contributed by atoms with Crippen molar-refractivity contribution in [3.8, 4) is 0 Å². The molecule has 0 aliphatic heterocycles. The van der Waals surface area contributed by atoms with Crippen LogP contribution in [0.1, 0.15) is 26.5 Å². The van der Waals surface area contributed by atoms with Crippen LogP contribution >= 0.6 is 15.9 Å². The van der Waals surface area contributed by atoms with Crippen LogP contribution in [0.4, 0.5) is 4.39 Å². The van der Waals surface area contributed by atoms with E-state index < -0.39 is 0 Å². The van der Waals surface area contributed by atoms with Gasteiger partial charge in [0.25, 0.3) is 0 Å². The molecule has 0 aliphatic rings. The molecule has 0 amide bonds. The maximum atomic E-state index is 12.9. The van der Waals surface area contributed by atoms with Crippen molar-refractivity contribution in [3.63, 3.8) is 0 Å². The summed E-state index contributed by atoms with van der Waals surface area (Å²) in [7, 11) is -0.0502. The topological polar surface area (TPSA) is 33.4 Å². The summed E-state index contributed by atoms with van der Waals surface area (Å²) in [5.74, 6) is 0.103. The highest BCUT2D eigenvalue weighted by Crippen LogP contribution is 2.28. The van der Waals surface area contributed by atoms with E-state index in [2.05, 4.69) is 49.8 Å². The van der Waals surface area contributed by atoms with Gasteiger partial charge in [-0.15, -0.1) is 0 Å². The van der Waals surface area contributed by atoms with E-state index >= 15 is 0 Å². The second-order valence-electron chi connectivity index (χ2n) is 5.93. The van der Waals surface area contributed by atoms with Gasteiger partial charge in [0.1, 0.15) is 23.8 Å². The summed E-state index contributed by atoms with van der Waals surface area (Å²) in [6.45, 7) is 11.4. The van der Waals surface area contributed by atoms with Crippen LogP contribution in [0.15, 0.2) is 27.1 Å². The van der Waals surface area contributed by atoms with Crippen molar-refractivity contribution in [2.45, 2.75) is 45.5 Å². The quantitative estimate of drug-likeness (QED) is 0.694. The second-order valence-corrected chi connectivity index (χ2v) is 10.3. The predicted molar refractivity (Wildman–Crippen MR) is 87.0 cm³/mol. The Hall–Kier alpha value is -0.653. The molecule has 2 nitrogen and oxygen atoms in total. The first-order valence-corrected chi connectivity index (χ1v) is 9.73. The lowest BCUT2D eigenvalue weighted by Gasteiger charge is -2.20. The van der Waals surface area contributed by atoms with Gasteiger partial charge in [0.2, 0.25) is 0 Å². The van der Waals surface area contributed by atoms with E-state index in [-0.39, 0.29) is 21.2 Å². The molecule has 0 unspecified atom stereocenters. The Morgan fingerprint density at radius 2 is 1.80 bits per heavy atom. The minimum absolute atomic E-state index is 0.0502. The number of furan rings is 1. The molecule has 5 heteroatoms. The van der Waals surface area contributed by atoms with Gasteiger partial charge in [-0.05, 0) is 39.2 Å². The second kappa shape index (κ2) is 6.87. The SMILES string of the molecule is C[Si](C)C(C)(C)C.OCc1cc2cc(F)cc(Br)c2o1. The molecule has 0 saturated carbocycles. The Morgan fingerprint density at radius 3 is 2.25 bits per heavy atom. The molecule has 20 heavy (non-hydrogen) atoms. The number of fused-ring (bicyclic) bond motifs is 1. The largest absolute Gasteiger partial charge is 0.457 e. The normalized spacial score (nSPS) is 11.7. The van der Waals surface area contributed by atoms with Gasteiger partial charge in [0.05, 0.1) is 4.47 Å². The molecule has 0 spiro atoms. The van der Waals surface area contributed by atoms with E-state index in [0.717, 1.165) is 0 Å². The monoisotopic (exact) mass is 359 g/mol. The van der Waals surface area contributed by atoms with E-state index in [1.54, 1.807) is 6.07 Å². The summed E-state index contributed by atoms with van der Waals surface area (Å²) in [6, 6.07) is 4.30. The van der Waals surface area contributed by atoms with Crippen molar-refractivity contribution >= 4 is 35.7 Å². The molecular weight excluding hydrogens is 339 g/mol. The van der Waals surface area contributed by atoms with Gasteiger partial charge in [-0.1, -0.05) is 33.9 Å². The van der Waals surface area contributed by atoms with Crippen molar-refractivity contribution in [1.82, 2.24) is 0 Å². The lowest BCUT2D eigenvalue weighted by molar-refractivity contribution is 0.251. The van der Waals surface area contributed by atoms with Crippen molar-refractivity contribution in [2.75, 3.05) is 0 Å². The van der Waals surface area contributed by atoms with Crippen LogP contribution in [0.2, 0.25) is 18.1 Å². The van der Waals surface area contributed by atoms with Gasteiger partial charge in [-0.3, -0.25) is 0 Å². The molecule has 1 aromatic heterocycles. The van der Waals surface area contributed by atoms with Crippen molar-refractivity contribution in [1.29, 1.82) is 0 Å². The number of aliphatic hydroxyl groups excluding tert-OH is 1. The third kappa shape index (κ3) is 4.72. The fraction of sp³-hybridized carbons (Fsp3) is 0.467. The van der Waals surface area contributed by atoms with Crippen LogP contribution in [0.5, 0.6) is 0 Å². The molecule has 0 aliphatic carbocycles. The van der Waals surface area contributed by atoms with E-state index in [4.69, 9.17) is 9.52 Å². The van der Waals surface area contributed by atoms with Gasteiger partial charge in [0, 0.05) is 14.2 Å². The molecule has 0 atom stereocenters. The fourth-order valence-corrected chi connectivity index (χ4v) is 1.74. The number of aliphatic hydroxyl groups is 1. The molecule has 0 fully saturated rings. The molecule has 1 heterocycles. The van der Waals surface area contributed by atoms with Crippen LogP contribution in [0.25, 0.3) is 11.0 Å². The lowest BCUT2D eigenvalue weighted by atomic mass is 10.2. The number of rotatable bonds is 1. The smallest absolute Gasteiger partial charge is 0.148 e. The average molecular weight is 360 g/mol. The molecule has 0 saturated heterocycles. The minimum atomic E-state index is -0.329. The third-order valence-corrected chi connectivity index (χ3v) is 6.83. The van der Waals surface area contributed by atoms with E-state index in [1.165, 1.54) is 12.1 Å². The first-order chi connectivity index (χ1) is 9.15.